The minimum Gasteiger partial charge on any atom is -0.449 e. The smallest absolute Gasteiger partial charge is 0.385 e. The molecule has 0 aromatic heterocycles. The highest BCUT2D eigenvalue weighted by atomic mass is 31.0. The summed E-state index contributed by atoms with van der Waals surface area (Å²) in [7, 11) is 2.07. The second kappa shape index (κ2) is 2.12. The van der Waals surface area contributed by atoms with Crippen LogP contribution in [0, 0.1) is 0 Å². The molecule has 1 rings (SSSR count). The Morgan fingerprint density at radius 1 is 1.86 bits per heavy atom. The van der Waals surface area contributed by atoms with E-state index in [0.717, 1.165) is 6.54 Å². The van der Waals surface area contributed by atoms with Crippen LogP contribution in [0.4, 0.5) is 0 Å². The molecule has 0 N–H and O–H groups in total. The molecule has 3 nitrogen and oxygen atoms in total. The van der Waals surface area contributed by atoms with Crippen molar-refractivity contribution in [3.05, 3.63) is 0 Å². The van der Waals surface area contributed by atoms with Crippen molar-refractivity contribution in [1.82, 2.24) is 0 Å². The van der Waals surface area contributed by atoms with Crippen molar-refractivity contribution in [3.8, 4) is 0 Å². The average Bonchev–Trinajstić information content (AvgIpc) is 2.14. The van der Waals surface area contributed by atoms with Crippen molar-refractivity contribution >= 4 is 15.6 Å². The maximum Gasteiger partial charge on any atom is 0.385 e. The first kappa shape index (κ1) is 4.85. The molecule has 40 valence electrons. The summed E-state index contributed by atoms with van der Waals surface area (Å²) in [6, 6.07) is 0. The van der Waals surface area contributed by atoms with Crippen molar-refractivity contribution in [2.45, 2.75) is 0 Å². The van der Waals surface area contributed by atoms with E-state index in [1.165, 1.54) is 0 Å². The highest BCUT2D eigenvalue weighted by molar-refractivity contribution is 7.10. The van der Waals surface area contributed by atoms with Crippen LogP contribution in [0.2, 0.25) is 0 Å². The third-order valence-corrected chi connectivity index (χ3v) is 0.860. The molecule has 0 bridgehead atoms. The summed E-state index contributed by atoms with van der Waals surface area (Å²) in [6.07, 6.45) is 0.380. The molecule has 1 heterocycles. The maximum atomic E-state index is 4.81. The average molecular weight is 119 g/mol. The van der Waals surface area contributed by atoms with Gasteiger partial charge in [-0.15, -0.1) is 0 Å². The van der Waals surface area contributed by atoms with E-state index in [0.29, 0.717) is 12.7 Å². The molecule has 1 aliphatic heterocycles. The summed E-state index contributed by atoms with van der Waals surface area (Å²) in [5, 5.41) is 0. The summed E-state index contributed by atoms with van der Waals surface area (Å²) in [6.45, 7) is 1.38. The highest BCUT2D eigenvalue weighted by Gasteiger charge is 2.03. The second-order valence-electron chi connectivity index (χ2n) is 1.11. The second-order valence-corrected chi connectivity index (χ2v) is 1.35. The normalized spacial score (nSPS) is 18.1. The molecule has 1 unspecified atom stereocenters. The summed E-state index contributed by atoms with van der Waals surface area (Å²) in [5.41, 5.74) is 0. The quantitative estimate of drug-likeness (QED) is 0.426. The minimum atomic E-state index is 0.380. The first-order chi connectivity index (χ1) is 3.43. The molecular weight excluding hydrogens is 113 g/mol. The van der Waals surface area contributed by atoms with Crippen LogP contribution in [0.25, 0.3) is 0 Å². The monoisotopic (exact) mass is 119 g/mol. The van der Waals surface area contributed by atoms with E-state index in [9.17, 15) is 0 Å². The van der Waals surface area contributed by atoms with Crippen LogP contribution in [0.3, 0.4) is 0 Å². The Balaban J connectivity index is 2.36. The van der Waals surface area contributed by atoms with Gasteiger partial charge in [-0.2, -0.15) is 0 Å². The number of hydrogen-bond acceptors (Lipinski definition) is 3. The lowest BCUT2D eigenvalue weighted by molar-refractivity contribution is 0.286. The lowest BCUT2D eigenvalue weighted by Crippen LogP contribution is -1.95. The van der Waals surface area contributed by atoms with Crippen LogP contribution in [0.15, 0.2) is 4.99 Å². The summed E-state index contributed by atoms with van der Waals surface area (Å²) >= 11 is 0. The molecule has 0 amide bonds. The molecule has 0 aromatic carbocycles. The SMILES string of the molecule is POC1=NCCO1. The van der Waals surface area contributed by atoms with Crippen LogP contribution in [-0.4, -0.2) is 19.2 Å². The van der Waals surface area contributed by atoms with E-state index in [-0.39, 0.29) is 0 Å². The van der Waals surface area contributed by atoms with E-state index >= 15 is 0 Å². The van der Waals surface area contributed by atoms with E-state index in [1.54, 1.807) is 0 Å². The van der Waals surface area contributed by atoms with Gasteiger partial charge in [-0.05, 0) is 0 Å². The van der Waals surface area contributed by atoms with Gasteiger partial charge in [0.25, 0.3) is 0 Å². The zero-order chi connectivity index (χ0) is 5.11. The number of ether oxygens (including phenoxy) is 1. The van der Waals surface area contributed by atoms with Crippen molar-refractivity contribution < 1.29 is 9.26 Å². The molecule has 0 aromatic rings. The molecule has 4 heteroatoms. The Morgan fingerprint density at radius 3 is 3.00 bits per heavy atom. The molecule has 7 heavy (non-hydrogen) atoms. The zero-order valence-corrected chi connectivity index (χ0v) is 4.91. The van der Waals surface area contributed by atoms with Crippen LogP contribution in [0.1, 0.15) is 0 Å². The van der Waals surface area contributed by atoms with E-state index < -0.39 is 0 Å². The minimum absolute atomic E-state index is 0.380. The molecule has 0 saturated heterocycles. The molecule has 0 radical (unpaired) electrons. The van der Waals surface area contributed by atoms with Crippen molar-refractivity contribution in [2.75, 3.05) is 13.2 Å². The maximum absolute atomic E-state index is 4.81. The molecule has 0 spiro atoms. The van der Waals surface area contributed by atoms with Crippen LogP contribution >= 0.6 is 9.47 Å². The van der Waals surface area contributed by atoms with Gasteiger partial charge in [-0.25, -0.2) is 4.99 Å². The van der Waals surface area contributed by atoms with E-state index in [2.05, 4.69) is 19.0 Å². The fraction of sp³-hybridized carbons (Fsp3) is 0.667. The number of nitrogens with zero attached hydrogens (tertiary/aromatic N) is 1. The Labute approximate surface area is 44.0 Å². The van der Waals surface area contributed by atoms with Gasteiger partial charge in [0, 0.05) is 0 Å². The van der Waals surface area contributed by atoms with Gasteiger partial charge in [0.15, 0.2) is 0 Å². The first-order valence-corrected chi connectivity index (χ1v) is 2.44. The third-order valence-electron chi connectivity index (χ3n) is 0.659. The number of hydrogen-bond donors (Lipinski definition) is 0. The van der Waals surface area contributed by atoms with Crippen LogP contribution in [-0.2, 0) is 9.26 Å². The summed E-state index contributed by atoms with van der Waals surface area (Å²) in [5.74, 6) is 0. The Kier molecular flexibility index (Phi) is 1.47. The largest absolute Gasteiger partial charge is 0.449 e. The molecule has 1 aliphatic rings. The van der Waals surface area contributed by atoms with E-state index in [4.69, 9.17) is 4.74 Å². The summed E-state index contributed by atoms with van der Waals surface area (Å²) in [4.78, 5) is 3.81. The van der Waals surface area contributed by atoms with Gasteiger partial charge in [0.2, 0.25) is 0 Å². The van der Waals surface area contributed by atoms with Gasteiger partial charge in [-0.1, -0.05) is 0 Å². The predicted molar refractivity (Wildman–Crippen MR) is 29.0 cm³/mol. The Hall–Kier alpha value is -0.300. The standard InChI is InChI=1S/C3H6NO2P/c7-6-3-4-1-2-5-3/h1-2,7H2. The topological polar surface area (TPSA) is 30.8 Å². The van der Waals surface area contributed by atoms with Crippen LogP contribution in [0.5, 0.6) is 0 Å². The summed E-state index contributed by atoms with van der Waals surface area (Å²) < 4.78 is 9.36. The molecular formula is C3H6NO2P. The van der Waals surface area contributed by atoms with Gasteiger partial charge in [0.05, 0.1) is 16.0 Å². The van der Waals surface area contributed by atoms with Crippen molar-refractivity contribution in [2.24, 2.45) is 4.99 Å². The Bertz CT molecular complexity index is 92.9. The van der Waals surface area contributed by atoms with E-state index in [1.807, 2.05) is 0 Å². The van der Waals surface area contributed by atoms with Crippen molar-refractivity contribution in [1.29, 1.82) is 0 Å². The van der Waals surface area contributed by atoms with Gasteiger partial charge in [0.1, 0.15) is 6.61 Å². The molecule has 0 saturated carbocycles. The lowest BCUT2D eigenvalue weighted by Gasteiger charge is -1.93. The molecule has 0 fully saturated rings. The lowest BCUT2D eigenvalue weighted by atomic mass is 10.8. The zero-order valence-electron chi connectivity index (χ0n) is 3.76. The van der Waals surface area contributed by atoms with Crippen LogP contribution < -0.4 is 0 Å². The molecule has 0 aliphatic carbocycles. The van der Waals surface area contributed by atoms with Crippen molar-refractivity contribution in [3.63, 3.8) is 0 Å². The van der Waals surface area contributed by atoms with Gasteiger partial charge < -0.3 is 9.26 Å². The fourth-order valence-electron chi connectivity index (χ4n) is 0.387. The third kappa shape index (κ3) is 1.03. The van der Waals surface area contributed by atoms with Gasteiger partial charge in [-0.3, -0.25) is 0 Å². The highest BCUT2D eigenvalue weighted by Crippen LogP contribution is 1.98. The Morgan fingerprint density at radius 2 is 2.71 bits per heavy atom. The van der Waals surface area contributed by atoms with Gasteiger partial charge >= 0.3 is 6.08 Å². The fourth-order valence-corrected chi connectivity index (χ4v) is 0.529. The number of rotatable bonds is 0. The number of aliphatic imine (C=N–C) groups is 1. The first-order valence-electron chi connectivity index (χ1n) is 1.97. The predicted octanol–water partition coefficient (Wildman–Crippen LogP) is 0.179. The molecule has 1 atom stereocenters.